The number of ether oxygens (including phenoxy) is 1. The third-order valence-electron chi connectivity index (χ3n) is 6.26. The quantitative estimate of drug-likeness (QED) is 0.725. The Morgan fingerprint density at radius 3 is 2.57 bits per heavy atom. The summed E-state index contributed by atoms with van der Waals surface area (Å²) in [6, 6.07) is 13.3. The Hall–Kier alpha value is -2.45. The second-order valence-electron chi connectivity index (χ2n) is 8.07. The molecule has 30 heavy (non-hydrogen) atoms. The minimum Gasteiger partial charge on any atom is -0.497 e. The zero-order valence-electron chi connectivity index (χ0n) is 17.3. The van der Waals surface area contributed by atoms with Gasteiger partial charge < -0.3 is 9.64 Å². The second kappa shape index (κ2) is 8.35. The minimum absolute atomic E-state index is 0.0402. The molecule has 2 aliphatic heterocycles. The molecule has 2 aliphatic rings. The number of benzene rings is 1. The Kier molecular flexibility index (Phi) is 5.79. The molecular formula is C22H27N3O4S. The van der Waals surface area contributed by atoms with Gasteiger partial charge in [0.25, 0.3) is 0 Å². The van der Waals surface area contributed by atoms with E-state index in [1.807, 2.05) is 47.4 Å². The molecule has 2 saturated heterocycles. The Bertz CT molecular complexity index is 995. The van der Waals surface area contributed by atoms with Crippen LogP contribution in [-0.4, -0.2) is 67.6 Å². The van der Waals surface area contributed by atoms with Crippen molar-refractivity contribution in [1.29, 1.82) is 0 Å². The van der Waals surface area contributed by atoms with Crippen LogP contribution in [0, 0.1) is 5.92 Å². The fourth-order valence-electron chi connectivity index (χ4n) is 4.77. The van der Waals surface area contributed by atoms with Crippen LogP contribution in [0.5, 0.6) is 5.75 Å². The van der Waals surface area contributed by atoms with Gasteiger partial charge in [0, 0.05) is 49.4 Å². The first-order valence-corrected chi connectivity index (χ1v) is 12.0. The highest BCUT2D eigenvalue weighted by Gasteiger charge is 2.48. The number of methoxy groups -OCH3 is 1. The van der Waals surface area contributed by atoms with Gasteiger partial charge in [-0.25, -0.2) is 8.42 Å². The van der Waals surface area contributed by atoms with Crippen molar-refractivity contribution in [2.24, 2.45) is 5.92 Å². The average Bonchev–Trinajstić information content (AvgIpc) is 3.14. The number of rotatable bonds is 5. The van der Waals surface area contributed by atoms with Crippen molar-refractivity contribution in [3.63, 3.8) is 0 Å². The van der Waals surface area contributed by atoms with Gasteiger partial charge in [-0.15, -0.1) is 0 Å². The predicted molar refractivity (Wildman–Crippen MR) is 114 cm³/mol. The van der Waals surface area contributed by atoms with Crippen molar-refractivity contribution in [3.05, 3.63) is 59.9 Å². The number of sulfonamides is 1. The summed E-state index contributed by atoms with van der Waals surface area (Å²) in [5.74, 6) is 0.915. The zero-order chi connectivity index (χ0) is 21.3. The Labute approximate surface area is 177 Å². The molecule has 160 valence electrons. The van der Waals surface area contributed by atoms with Crippen LogP contribution in [0.1, 0.15) is 23.6 Å². The molecule has 1 amide bonds. The lowest BCUT2D eigenvalue weighted by Crippen LogP contribution is -2.49. The minimum atomic E-state index is -3.32. The highest BCUT2D eigenvalue weighted by Crippen LogP contribution is 2.43. The van der Waals surface area contributed by atoms with Crippen LogP contribution in [0.2, 0.25) is 0 Å². The van der Waals surface area contributed by atoms with Crippen molar-refractivity contribution < 1.29 is 17.9 Å². The standard InChI is InChI=1S/C22H27N3O4S/c1-29-18-8-6-16(7-9-18)19-15-25(30(2,27)28)21-10-12-24(14-20(19)21)22(26)13-17-5-3-4-11-23-17/h3-9,11,19-21H,10,12-15H2,1-2H3/t19-,20-,21-/m1/s1. The number of piperidine rings is 1. The lowest BCUT2D eigenvalue weighted by Gasteiger charge is -2.38. The number of nitrogens with zero attached hydrogens (tertiary/aromatic N) is 3. The summed E-state index contributed by atoms with van der Waals surface area (Å²) in [5, 5.41) is 0. The maximum absolute atomic E-state index is 12.9. The van der Waals surface area contributed by atoms with E-state index in [0.717, 1.165) is 17.0 Å². The van der Waals surface area contributed by atoms with Crippen molar-refractivity contribution in [1.82, 2.24) is 14.2 Å². The maximum atomic E-state index is 12.9. The number of hydrogen-bond acceptors (Lipinski definition) is 5. The lowest BCUT2D eigenvalue weighted by molar-refractivity contribution is -0.132. The average molecular weight is 430 g/mol. The molecule has 3 atom stereocenters. The lowest BCUT2D eigenvalue weighted by atomic mass is 9.82. The van der Waals surface area contributed by atoms with E-state index in [1.165, 1.54) is 6.26 Å². The van der Waals surface area contributed by atoms with Crippen LogP contribution in [0.15, 0.2) is 48.7 Å². The van der Waals surface area contributed by atoms with Crippen molar-refractivity contribution in [3.8, 4) is 5.75 Å². The zero-order valence-corrected chi connectivity index (χ0v) is 18.1. The molecule has 0 N–H and O–H groups in total. The van der Waals surface area contributed by atoms with Gasteiger partial charge in [0.15, 0.2) is 0 Å². The summed E-state index contributed by atoms with van der Waals surface area (Å²) in [7, 11) is -1.69. The van der Waals surface area contributed by atoms with E-state index < -0.39 is 10.0 Å². The van der Waals surface area contributed by atoms with Crippen molar-refractivity contribution in [2.45, 2.75) is 24.8 Å². The molecule has 0 saturated carbocycles. The number of hydrogen-bond donors (Lipinski definition) is 0. The fraction of sp³-hybridized carbons (Fsp3) is 0.455. The fourth-order valence-corrected chi connectivity index (χ4v) is 5.95. The summed E-state index contributed by atoms with van der Waals surface area (Å²) in [5.41, 5.74) is 1.83. The number of carbonyl (C=O) groups excluding carboxylic acids is 1. The van der Waals surface area contributed by atoms with Crippen LogP contribution in [0.3, 0.4) is 0 Å². The first-order chi connectivity index (χ1) is 14.4. The van der Waals surface area contributed by atoms with E-state index in [1.54, 1.807) is 17.6 Å². The largest absolute Gasteiger partial charge is 0.497 e. The highest BCUT2D eigenvalue weighted by atomic mass is 32.2. The van der Waals surface area contributed by atoms with E-state index in [-0.39, 0.29) is 30.2 Å². The van der Waals surface area contributed by atoms with Crippen LogP contribution < -0.4 is 4.74 Å². The highest BCUT2D eigenvalue weighted by molar-refractivity contribution is 7.88. The van der Waals surface area contributed by atoms with E-state index in [0.29, 0.717) is 26.1 Å². The van der Waals surface area contributed by atoms with Gasteiger partial charge in [-0.3, -0.25) is 9.78 Å². The van der Waals surface area contributed by atoms with Gasteiger partial charge >= 0.3 is 0 Å². The number of fused-ring (bicyclic) bond motifs is 1. The molecule has 2 aromatic rings. The maximum Gasteiger partial charge on any atom is 0.228 e. The Balaban J connectivity index is 1.56. The molecular weight excluding hydrogens is 402 g/mol. The van der Waals surface area contributed by atoms with E-state index in [2.05, 4.69) is 4.98 Å². The monoisotopic (exact) mass is 429 g/mol. The molecule has 0 bridgehead atoms. The van der Waals surface area contributed by atoms with Crippen molar-refractivity contribution >= 4 is 15.9 Å². The second-order valence-corrected chi connectivity index (χ2v) is 10.0. The van der Waals surface area contributed by atoms with Crippen LogP contribution >= 0.6 is 0 Å². The van der Waals surface area contributed by atoms with Gasteiger partial charge in [0.2, 0.25) is 15.9 Å². The van der Waals surface area contributed by atoms with E-state index in [4.69, 9.17) is 4.74 Å². The molecule has 1 aromatic carbocycles. The molecule has 0 aliphatic carbocycles. The molecule has 8 heteroatoms. The first kappa shape index (κ1) is 20.8. The van der Waals surface area contributed by atoms with Crippen LogP contribution in [0.25, 0.3) is 0 Å². The number of aromatic nitrogens is 1. The normalized spacial score (nSPS) is 24.5. The summed E-state index contributed by atoms with van der Waals surface area (Å²) >= 11 is 0. The summed E-state index contributed by atoms with van der Waals surface area (Å²) in [6.07, 6.45) is 3.88. The molecule has 1 aromatic heterocycles. The SMILES string of the molecule is COc1ccc([C@H]2CN(S(C)(=O)=O)[C@@H]3CCN(C(=O)Cc4ccccn4)C[C@H]23)cc1. The Morgan fingerprint density at radius 1 is 1.17 bits per heavy atom. The number of carbonyl (C=O) groups is 1. The topological polar surface area (TPSA) is 79.8 Å². The van der Waals surface area contributed by atoms with Gasteiger partial charge in [-0.1, -0.05) is 18.2 Å². The number of amides is 1. The van der Waals surface area contributed by atoms with Crippen LogP contribution in [0.4, 0.5) is 0 Å². The molecule has 0 spiro atoms. The predicted octanol–water partition coefficient (Wildman–Crippen LogP) is 1.91. The molecule has 0 unspecified atom stereocenters. The van der Waals surface area contributed by atoms with E-state index in [9.17, 15) is 13.2 Å². The number of pyridine rings is 1. The van der Waals surface area contributed by atoms with Gasteiger partial charge in [-0.05, 0) is 36.2 Å². The molecule has 7 nitrogen and oxygen atoms in total. The van der Waals surface area contributed by atoms with Crippen LogP contribution in [-0.2, 0) is 21.2 Å². The first-order valence-electron chi connectivity index (χ1n) is 10.2. The van der Waals surface area contributed by atoms with Gasteiger partial charge in [0.05, 0.1) is 19.8 Å². The number of likely N-dealkylation sites (tertiary alicyclic amines) is 1. The summed E-state index contributed by atoms with van der Waals surface area (Å²) in [6.45, 7) is 1.57. The summed E-state index contributed by atoms with van der Waals surface area (Å²) < 4.78 is 31.8. The van der Waals surface area contributed by atoms with Gasteiger partial charge in [-0.2, -0.15) is 4.31 Å². The molecule has 4 rings (SSSR count). The molecule has 2 fully saturated rings. The van der Waals surface area contributed by atoms with E-state index >= 15 is 0 Å². The molecule has 3 heterocycles. The Morgan fingerprint density at radius 2 is 1.93 bits per heavy atom. The smallest absolute Gasteiger partial charge is 0.228 e. The third kappa shape index (κ3) is 4.20. The van der Waals surface area contributed by atoms with Crippen molar-refractivity contribution in [2.75, 3.05) is 33.0 Å². The third-order valence-corrected chi connectivity index (χ3v) is 7.54. The molecule has 0 radical (unpaired) electrons. The van der Waals surface area contributed by atoms with Gasteiger partial charge in [0.1, 0.15) is 5.75 Å². The summed E-state index contributed by atoms with van der Waals surface area (Å²) in [4.78, 5) is 19.0.